The number of ether oxygens (including phenoxy) is 3. The summed E-state index contributed by atoms with van der Waals surface area (Å²) in [5.74, 6) is 1.58. The number of nitrogens with one attached hydrogen (secondary N) is 1. The minimum atomic E-state index is -0.671. The standard InChI is InChI=1S/C21H19N3O4/c1-14(28-17-7-8-19-20(10-17)27-13-26-19)21(25)22-11-16-9-18(24-12-23-16)15-5-3-2-4-6-15/h2-10,12,14H,11,13H2,1H3,(H,22,25). The monoisotopic (exact) mass is 377 g/mol. The molecule has 4 rings (SSSR count). The fourth-order valence-electron chi connectivity index (χ4n) is 2.79. The normalized spacial score (nSPS) is 13.0. The summed E-state index contributed by atoms with van der Waals surface area (Å²) >= 11 is 0. The molecule has 2 aromatic carbocycles. The van der Waals surface area contributed by atoms with Gasteiger partial charge in [-0.2, -0.15) is 0 Å². The van der Waals surface area contributed by atoms with E-state index in [-0.39, 0.29) is 19.2 Å². The van der Waals surface area contributed by atoms with Crippen LogP contribution in [0.5, 0.6) is 17.2 Å². The topological polar surface area (TPSA) is 82.6 Å². The fraction of sp³-hybridized carbons (Fsp3) is 0.190. The molecule has 0 fully saturated rings. The van der Waals surface area contributed by atoms with Crippen LogP contribution >= 0.6 is 0 Å². The number of nitrogens with zero attached hydrogens (tertiary/aromatic N) is 2. The summed E-state index contributed by atoms with van der Waals surface area (Å²) in [5, 5.41) is 2.84. The predicted molar refractivity (Wildman–Crippen MR) is 102 cm³/mol. The molecular formula is C21H19N3O4. The maximum absolute atomic E-state index is 12.4. The molecule has 3 aromatic rings. The molecule has 7 nitrogen and oxygen atoms in total. The highest BCUT2D eigenvalue weighted by Gasteiger charge is 2.18. The van der Waals surface area contributed by atoms with Gasteiger partial charge in [-0.15, -0.1) is 0 Å². The molecule has 0 bridgehead atoms. The summed E-state index contributed by atoms with van der Waals surface area (Å²) in [4.78, 5) is 20.9. The molecule has 28 heavy (non-hydrogen) atoms. The molecule has 1 unspecified atom stereocenters. The van der Waals surface area contributed by atoms with Gasteiger partial charge in [0.05, 0.1) is 17.9 Å². The number of fused-ring (bicyclic) bond motifs is 1. The smallest absolute Gasteiger partial charge is 0.261 e. The lowest BCUT2D eigenvalue weighted by molar-refractivity contribution is -0.127. The molecule has 1 aliphatic heterocycles. The van der Waals surface area contributed by atoms with Crippen molar-refractivity contribution in [3.05, 3.63) is 66.6 Å². The van der Waals surface area contributed by atoms with Crippen molar-refractivity contribution in [3.8, 4) is 28.5 Å². The Kier molecular flexibility index (Phi) is 5.05. The SMILES string of the molecule is CC(Oc1ccc2c(c1)OCO2)C(=O)NCc1cc(-c2ccccc2)ncn1. The Hall–Kier alpha value is -3.61. The van der Waals surface area contributed by atoms with Crippen LogP contribution in [0.15, 0.2) is 60.9 Å². The second kappa shape index (κ2) is 7.96. The van der Waals surface area contributed by atoms with Gasteiger partial charge in [0.1, 0.15) is 12.1 Å². The Morgan fingerprint density at radius 1 is 1.11 bits per heavy atom. The van der Waals surface area contributed by atoms with Gasteiger partial charge in [0.2, 0.25) is 6.79 Å². The fourth-order valence-corrected chi connectivity index (χ4v) is 2.79. The minimum Gasteiger partial charge on any atom is -0.481 e. The van der Waals surface area contributed by atoms with Crippen molar-refractivity contribution in [1.29, 1.82) is 0 Å². The number of benzene rings is 2. The largest absolute Gasteiger partial charge is 0.481 e. The van der Waals surface area contributed by atoms with Gasteiger partial charge in [-0.1, -0.05) is 30.3 Å². The predicted octanol–water partition coefficient (Wildman–Crippen LogP) is 2.96. The van der Waals surface area contributed by atoms with Crippen molar-refractivity contribution in [2.75, 3.05) is 6.79 Å². The molecule has 2 heterocycles. The van der Waals surface area contributed by atoms with E-state index >= 15 is 0 Å². The Bertz CT molecular complexity index is 978. The van der Waals surface area contributed by atoms with Crippen LogP contribution in [-0.4, -0.2) is 28.8 Å². The summed E-state index contributed by atoms with van der Waals surface area (Å²) in [5.41, 5.74) is 2.53. The first-order valence-corrected chi connectivity index (χ1v) is 8.89. The van der Waals surface area contributed by atoms with E-state index < -0.39 is 6.10 Å². The second-order valence-electron chi connectivity index (χ2n) is 6.25. The van der Waals surface area contributed by atoms with E-state index in [0.29, 0.717) is 17.2 Å². The second-order valence-corrected chi connectivity index (χ2v) is 6.25. The quantitative estimate of drug-likeness (QED) is 0.711. The van der Waals surface area contributed by atoms with Crippen LogP contribution in [0, 0.1) is 0 Å². The van der Waals surface area contributed by atoms with Crippen molar-refractivity contribution >= 4 is 5.91 Å². The van der Waals surface area contributed by atoms with Crippen LogP contribution < -0.4 is 19.5 Å². The van der Waals surface area contributed by atoms with Gasteiger partial charge in [-0.3, -0.25) is 4.79 Å². The van der Waals surface area contributed by atoms with Crippen molar-refractivity contribution in [1.82, 2.24) is 15.3 Å². The van der Waals surface area contributed by atoms with Crippen molar-refractivity contribution < 1.29 is 19.0 Å². The van der Waals surface area contributed by atoms with Gasteiger partial charge in [0.25, 0.3) is 5.91 Å². The van der Waals surface area contributed by atoms with Crippen LogP contribution in [0.4, 0.5) is 0 Å². The third kappa shape index (κ3) is 4.03. The minimum absolute atomic E-state index is 0.193. The van der Waals surface area contributed by atoms with Gasteiger partial charge < -0.3 is 19.5 Å². The molecule has 1 aromatic heterocycles. The van der Waals surface area contributed by atoms with E-state index in [9.17, 15) is 4.79 Å². The lowest BCUT2D eigenvalue weighted by atomic mass is 10.1. The molecule has 7 heteroatoms. The number of rotatable bonds is 6. The first-order chi connectivity index (χ1) is 13.7. The molecule has 0 aliphatic carbocycles. The number of aromatic nitrogens is 2. The maximum atomic E-state index is 12.4. The van der Waals surface area contributed by atoms with Crippen LogP contribution in [-0.2, 0) is 11.3 Å². The van der Waals surface area contributed by atoms with Gasteiger partial charge in [-0.25, -0.2) is 9.97 Å². The zero-order valence-electron chi connectivity index (χ0n) is 15.3. The van der Waals surface area contributed by atoms with Crippen LogP contribution in [0.25, 0.3) is 11.3 Å². The van der Waals surface area contributed by atoms with Crippen LogP contribution in [0.1, 0.15) is 12.6 Å². The maximum Gasteiger partial charge on any atom is 0.261 e. The van der Waals surface area contributed by atoms with Crippen LogP contribution in [0.2, 0.25) is 0 Å². The van der Waals surface area contributed by atoms with Gasteiger partial charge in [0, 0.05) is 11.6 Å². The number of carbonyl (C=O) groups is 1. The summed E-state index contributed by atoms with van der Waals surface area (Å²) < 4.78 is 16.3. The molecule has 0 saturated heterocycles. The third-order valence-corrected chi connectivity index (χ3v) is 4.26. The van der Waals surface area contributed by atoms with Crippen LogP contribution in [0.3, 0.4) is 0 Å². The van der Waals surface area contributed by atoms with E-state index in [2.05, 4.69) is 15.3 Å². The zero-order valence-corrected chi connectivity index (χ0v) is 15.3. The summed E-state index contributed by atoms with van der Waals surface area (Å²) in [7, 11) is 0. The highest BCUT2D eigenvalue weighted by Crippen LogP contribution is 2.35. The van der Waals surface area contributed by atoms with Crippen molar-refractivity contribution in [3.63, 3.8) is 0 Å². The lowest BCUT2D eigenvalue weighted by Crippen LogP contribution is -2.36. The number of hydrogen-bond donors (Lipinski definition) is 1. The molecule has 0 saturated carbocycles. The van der Waals surface area contributed by atoms with E-state index in [1.807, 2.05) is 36.4 Å². The summed E-state index contributed by atoms with van der Waals surface area (Å²) in [6.45, 7) is 2.17. The Labute approximate surface area is 162 Å². The van der Waals surface area contributed by atoms with Crippen molar-refractivity contribution in [2.45, 2.75) is 19.6 Å². The molecule has 1 aliphatic rings. The molecule has 142 valence electrons. The Balaban J connectivity index is 1.35. The van der Waals surface area contributed by atoms with Gasteiger partial charge >= 0.3 is 0 Å². The number of amides is 1. The van der Waals surface area contributed by atoms with Gasteiger partial charge in [0.15, 0.2) is 17.6 Å². The number of carbonyl (C=O) groups excluding carboxylic acids is 1. The first-order valence-electron chi connectivity index (χ1n) is 8.89. The van der Waals surface area contributed by atoms with E-state index in [0.717, 1.165) is 17.0 Å². The van der Waals surface area contributed by atoms with E-state index in [1.54, 1.807) is 25.1 Å². The molecule has 1 N–H and O–H groups in total. The summed E-state index contributed by atoms with van der Waals surface area (Å²) in [6.07, 6.45) is 0.826. The van der Waals surface area contributed by atoms with E-state index in [4.69, 9.17) is 14.2 Å². The molecule has 1 amide bonds. The first kappa shape index (κ1) is 17.8. The van der Waals surface area contributed by atoms with E-state index in [1.165, 1.54) is 6.33 Å². The average molecular weight is 377 g/mol. The molecular weight excluding hydrogens is 358 g/mol. The molecule has 0 spiro atoms. The lowest BCUT2D eigenvalue weighted by Gasteiger charge is -2.15. The average Bonchev–Trinajstić information content (AvgIpc) is 3.20. The molecule has 0 radical (unpaired) electrons. The van der Waals surface area contributed by atoms with Gasteiger partial charge in [-0.05, 0) is 25.1 Å². The Morgan fingerprint density at radius 3 is 2.79 bits per heavy atom. The Morgan fingerprint density at radius 2 is 1.93 bits per heavy atom. The third-order valence-electron chi connectivity index (χ3n) is 4.26. The van der Waals surface area contributed by atoms with Crippen molar-refractivity contribution in [2.24, 2.45) is 0 Å². The summed E-state index contributed by atoms with van der Waals surface area (Å²) in [6, 6.07) is 16.9. The number of hydrogen-bond acceptors (Lipinski definition) is 6. The highest BCUT2D eigenvalue weighted by atomic mass is 16.7. The highest BCUT2D eigenvalue weighted by molar-refractivity contribution is 5.80. The zero-order chi connectivity index (χ0) is 19.3. The molecule has 1 atom stereocenters.